The number of para-hydroxylation sites is 1. The van der Waals surface area contributed by atoms with Crippen molar-refractivity contribution in [2.75, 3.05) is 11.4 Å². The van der Waals surface area contributed by atoms with Crippen molar-refractivity contribution >= 4 is 22.3 Å². The minimum atomic E-state index is -0.516. The van der Waals surface area contributed by atoms with Gasteiger partial charge in [0.1, 0.15) is 11.3 Å². The normalized spacial score (nSPS) is 13.1. The third-order valence-corrected chi connectivity index (χ3v) is 12.8. The summed E-state index contributed by atoms with van der Waals surface area (Å²) in [6.07, 6.45) is 5.05. The zero-order valence-corrected chi connectivity index (χ0v) is 37.5. The lowest BCUT2D eigenvalue weighted by molar-refractivity contribution is 0.514. The van der Waals surface area contributed by atoms with Crippen LogP contribution in [-0.4, -0.2) is 6.54 Å². The van der Waals surface area contributed by atoms with E-state index in [9.17, 15) is 0 Å². The van der Waals surface area contributed by atoms with Crippen LogP contribution in [0.3, 0.4) is 0 Å². The molecule has 0 spiro atoms. The van der Waals surface area contributed by atoms with Crippen LogP contribution in [0.25, 0.3) is 33.2 Å². The summed E-state index contributed by atoms with van der Waals surface area (Å²) >= 11 is 0. The summed E-state index contributed by atoms with van der Waals surface area (Å²) in [6, 6.07) is 73.2. The van der Waals surface area contributed by atoms with Gasteiger partial charge in [0.2, 0.25) is 0 Å². The minimum absolute atomic E-state index is 0.189. The van der Waals surface area contributed by atoms with Crippen molar-refractivity contribution in [2.45, 2.75) is 64.7 Å². The highest BCUT2D eigenvalue weighted by Crippen LogP contribution is 2.54. The number of nitrogens with zero attached hydrogens (tertiary/aromatic N) is 1. The van der Waals surface area contributed by atoms with Crippen LogP contribution in [0.4, 0.5) is 11.4 Å². The van der Waals surface area contributed by atoms with Gasteiger partial charge in [0.15, 0.2) is 0 Å². The molecule has 63 heavy (non-hydrogen) atoms. The first-order valence-corrected chi connectivity index (χ1v) is 22.6. The maximum Gasteiger partial charge on any atom is 0.134 e. The van der Waals surface area contributed by atoms with E-state index in [1.54, 1.807) is 0 Å². The third kappa shape index (κ3) is 8.39. The fourth-order valence-corrected chi connectivity index (χ4v) is 9.74. The number of hydrogen-bond donors (Lipinski definition) is 0. The molecule has 8 aromatic rings. The molecule has 0 radical (unpaired) electrons. The van der Waals surface area contributed by atoms with Gasteiger partial charge < -0.3 is 9.32 Å². The molecule has 0 saturated carbocycles. The average Bonchev–Trinajstić information content (AvgIpc) is 3.42. The van der Waals surface area contributed by atoms with Gasteiger partial charge in [-0.15, -0.1) is 6.58 Å². The molecule has 1 heterocycles. The van der Waals surface area contributed by atoms with E-state index in [1.165, 1.54) is 44.5 Å². The summed E-state index contributed by atoms with van der Waals surface area (Å²) in [5, 5.41) is 1.06. The second-order valence-corrected chi connectivity index (χ2v) is 16.8. The topological polar surface area (TPSA) is 16.4 Å². The maximum absolute atomic E-state index is 6.53. The Balaban J connectivity index is 0.00000268. The van der Waals surface area contributed by atoms with E-state index < -0.39 is 5.41 Å². The Morgan fingerprint density at radius 3 is 1.59 bits per heavy atom. The minimum Gasteiger partial charge on any atom is -0.461 e. The first-order valence-electron chi connectivity index (χ1n) is 22.6. The van der Waals surface area contributed by atoms with Gasteiger partial charge in [-0.2, -0.15) is 0 Å². The number of rotatable bonds is 11. The molecule has 0 fully saturated rings. The molecular formula is C61H59NO. The first kappa shape index (κ1) is 42.8. The molecule has 1 aliphatic rings. The van der Waals surface area contributed by atoms with Crippen molar-refractivity contribution in [3.05, 3.63) is 252 Å². The lowest BCUT2D eigenvalue weighted by Gasteiger charge is -2.50. The summed E-state index contributed by atoms with van der Waals surface area (Å²) in [5.41, 5.74) is 15.2. The van der Waals surface area contributed by atoms with Crippen LogP contribution in [-0.2, 0) is 17.3 Å². The SMILES string of the molecule is C=CCCCc1ccccc1C1(CN(c2ccc(-c3ccccc3)cc2)c2ccc(-c3ccccc4ccccc4oc3C)cc2)c2ccccc2C(C)(C)c2ccccc21.CC. The molecule has 0 saturated heterocycles. The van der Waals surface area contributed by atoms with Gasteiger partial charge in [-0.05, 0) is 107 Å². The van der Waals surface area contributed by atoms with Gasteiger partial charge in [-0.1, -0.05) is 204 Å². The van der Waals surface area contributed by atoms with Gasteiger partial charge in [0.25, 0.3) is 0 Å². The predicted molar refractivity (Wildman–Crippen MR) is 269 cm³/mol. The third-order valence-electron chi connectivity index (χ3n) is 12.8. The van der Waals surface area contributed by atoms with Gasteiger partial charge in [0, 0.05) is 34.3 Å². The Labute approximate surface area is 375 Å². The number of allylic oxidation sites excluding steroid dienone is 1. The standard InChI is InChI=1S/C59H53NO.C2H6/c1-5-6-8-23-47-24-12-15-28-52(47)59(55-31-18-16-29-53(55)58(3,4)54-30-17-19-32-56(54)59)42-60(49-38-34-45(35-39-49)44-21-9-7-10-22-44)50-40-36-46(37-41-50)51-27-14-11-25-48-26-13-20-33-57(48)61-43(51)2;1-2/h5,7,9-22,24-41H,1,6,8,23,42H2,2-4H3;1-2H3. The lowest BCUT2D eigenvalue weighted by Crippen LogP contribution is -2.48. The van der Waals surface area contributed by atoms with Crippen molar-refractivity contribution in [3.8, 4) is 22.3 Å². The van der Waals surface area contributed by atoms with E-state index in [0.717, 1.165) is 58.5 Å². The Morgan fingerprint density at radius 2 is 0.984 bits per heavy atom. The number of anilines is 2. The Bertz CT molecular complexity index is 2810. The zero-order valence-electron chi connectivity index (χ0n) is 37.5. The average molecular weight is 822 g/mol. The molecular weight excluding hydrogens is 763 g/mol. The van der Waals surface area contributed by atoms with Crippen molar-refractivity contribution in [1.82, 2.24) is 0 Å². The number of aryl methyl sites for hydroxylation is 2. The number of unbranched alkanes of at least 4 members (excludes halogenated alkanes) is 1. The monoisotopic (exact) mass is 821 g/mol. The summed E-state index contributed by atoms with van der Waals surface area (Å²) in [6.45, 7) is 15.6. The summed E-state index contributed by atoms with van der Waals surface area (Å²) < 4.78 is 6.53. The van der Waals surface area contributed by atoms with Crippen LogP contribution in [0.2, 0.25) is 0 Å². The smallest absolute Gasteiger partial charge is 0.134 e. The Morgan fingerprint density at radius 1 is 0.508 bits per heavy atom. The number of hydrogen-bond acceptors (Lipinski definition) is 2. The van der Waals surface area contributed by atoms with E-state index in [-0.39, 0.29) is 5.41 Å². The van der Waals surface area contributed by atoms with Crippen LogP contribution < -0.4 is 4.90 Å². The fraction of sp³-hybridized carbons (Fsp3) is 0.180. The number of benzene rings is 7. The molecule has 0 aliphatic heterocycles. The van der Waals surface area contributed by atoms with Crippen molar-refractivity contribution in [1.29, 1.82) is 0 Å². The second-order valence-electron chi connectivity index (χ2n) is 16.8. The molecule has 0 N–H and O–H groups in total. The summed E-state index contributed by atoms with van der Waals surface area (Å²) in [4.78, 5) is 2.56. The van der Waals surface area contributed by atoms with E-state index in [4.69, 9.17) is 4.42 Å². The maximum atomic E-state index is 6.53. The van der Waals surface area contributed by atoms with Gasteiger partial charge in [-0.3, -0.25) is 0 Å². The van der Waals surface area contributed by atoms with E-state index >= 15 is 0 Å². The molecule has 0 amide bonds. The molecule has 314 valence electrons. The van der Waals surface area contributed by atoms with E-state index in [2.05, 4.69) is 214 Å². The predicted octanol–water partition coefficient (Wildman–Crippen LogP) is 16.5. The lowest BCUT2D eigenvalue weighted by atomic mass is 9.55. The molecule has 2 heteroatoms. The van der Waals surface area contributed by atoms with Crippen LogP contribution >= 0.6 is 0 Å². The highest BCUT2D eigenvalue weighted by atomic mass is 16.3. The highest BCUT2D eigenvalue weighted by molar-refractivity contribution is 5.78. The molecule has 1 aliphatic carbocycles. The summed E-state index contributed by atoms with van der Waals surface area (Å²) in [5.74, 6) is 0.860. The van der Waals surface area contributed by atoms with Crippen LogP contribution in [0, 0.1) is 6.92 Å². The molecule has 7 aromatic carbocycles. The largest absolute Gasteiger partial charge is 0.461 e. The quantitative estimate of drug-likeness (QED) is 0.0954. The van der Waals surface area contributed by atoms with Gasteiger partial charge in [0.05, 0.1) is 5.41 Å². The van der Waals surface area contributed by atoms with Gasteiger partial charge >= 0.3 is 0 Å². The second kappa shape index (κ2) is 19.0. The summed E-state index contributed by atoms with van der Waals surface area (Å²) in [7, 11) is 0. The molecule has 0 atom stereocenters. The molecule has 0 unspecified atom stereocenters. The first-order chi connectivity index (χ1) is 30.9. The van der Waals surface area contributed by atoms with Crippen molar-refractivity contribution in [2.24, 2.45) is 0 Å². The zero-order chi connectivity index (χ0) is 43.8. The van der Waals surface area contributed by atoms with E-state index in [1.807, 2.05) is 38.1 Å². The fourth-order valence-electron chi connectivity index (χ4n) is 9.74. The number of fused-ring (bicyclic) bond motifs is 3. The Kier molecular flexibility index (Phi) is 12.9. The van der Waals surface area contributed by atoms with Crippen molar-refractivity contribution in [3.63, 3.8) is 0 Å². The van der Waals surface area contributed by atoms with Crippen LogP contribution in [0.15, 0.2) is 217 Å². The Hall–Kier alpha value is -6.90. The molecule has 2 nitrogen and oxygen atoms in total. The van der Waals surface area contributed by atoms with Gasteiger partial charge in [-0.25, -0.2) is 0 Å². The van der Waals surface area contributed by atoms with Crippen LogP contribution in [0.1, 0.15) is 79.7 Å². The van der Waals surface area contributed by atoms with Crippen molar-refractivity contribution < 1.29 is 4.42 Å². The van der Waals surface area contributed by atoms with E-state index in [0.29, 0.717) is 6.54 Å². The highest BCUT2D eigenvalue weighted by Gasteiger charge is 2.49. The van der Waals surface area contributed by atoms with Crippen LogP contribution in [0.5, 0.6) is 0 Å². The molecule has 1 aromatic heterocycles. The molecule has 0 bridgehead atoms. The molecule has 9 rings (SSSR count).